The molecule has 0 radical (unpaired) electrons. The highest BCUT2D eigenvalue weighted by Gasteiger charge is 2.23. The minimum atomic E-state index is 0.383. The standard InChI is InChI=1S/C19H33NO/c1-7-20-17(14-15(2)19(3,4)5)11-8-16-9-12-18(21-6)13-10-16/h9-10,12-13,15,17,20H,7-8,11,14H2,1-6H3. The maximum absolute atomic E-state index is 5.21. The van der Waals surface area contributed by atoms with E-state index >= 15 is 0 Å². The van der Waals surface area contributed by atoms with E-state index in [4.69, 9.17) is 4.74 Å². The fraction of sp³-hybridized carbons (Fsp3) is 0.684. The molecule has 120 valence electrons. The number of ether oxygens (including phenoxy) is 1. The zero-order valence-electron chi connectivity index (χ0n) is 14.7. The fourth-order valence-electron chi connectivity index (χ4n) is 2.51. The summed E-state index contributed by atoms with van der Waals surface area (Å²) in [6.07, 6.45) is 3.56. The predicted molar refractivity (Wildman–Crippen MR) is 92.0 cm³/mol. The molecule has 0 bridgehead atoms. The third-order valence-electron chi connectivity index (χ3n) is 4.55. The number of hydrogen-bond acceptors (Lipinski definition) is 2. The first kappa shape index (κ1) is 18.0. The fourth-order valence-corrected chi connectivity index (χ4v) is 2.51. The van der Waals surface area contributed by atoms with Crippen molar-refractivity contribution in [2.45, 2.75) is 59.9 Å². The van der Waals surface area contributed by atoms with Gasteiger partial charge in [0, 0.05) is 6.04 Å². The van der Waals surface area contributed by atoms with Gasteiger partial charge < -0.3 is 10.1 Å². The molecular formula is C19H33NO. The summed E-state index contributed by atoms with van der Waals surface area (Å²) in [5.41, 5.74) is 1.77. The Morgan fingerprint density at radius 1 is 1.14 bits per heavy atom. The molecule has 1 rings (SSSR count). The van der Waals surface area contributed by atoms with Crippen molar-refractivity contribution in [3.05, 3.63) is 29.8 Å². The van der Waals surface area contributed by atoms with Crippen LogP contribution in [0.3, 0.4) is 0 Å². The van der Waals surface area contributed by atoms with Gasteiger partial charge in [-0.1, -0.05) is 46.8 Å². The van der Waals surface area contributed by atoms with Crippen molar-refractivity contribution in [1.82, 2.24) is 5.32 Å². The zero-order chi connectivity index (χ0) is 15.9. The Hall–Kier alpha value is -1.02. The van der Waals surface area contributed by atoms with Gasteiger partial charge in [-0.3, -0.25) is 0 Å². The normalized spacial score (nSPS) is 14.8. The number of nitrogens with one attached hydrogen (secondary N) is 1. The van der Waals surface area contributed by atoms with Crippen LogP contribution in [-0.4, -0.2) is 19.7 Å². The highest BCUT2D eigenvalue weighted by Crippen LogP contribution is 2.30. The van der Waals surface area contributed by atoms with Crippen molar-refractivity contribution in [2.24, 2.45) is 11.3 Å². The minimum absolute atomic E-state index is 0.383. The molecule has 1 aromatic rings. The van der Waals surface area contributed by atoms with Gasteiger partial charge in [0.25, 0.3) is 0 Å². The first-order chi connectivity index (χ1) is 9.86. The largest absolute Gasteiger partial charge is 0.497 e. The van der Waals surface area contributed by atoms with Crippen LogP contribution in [0.5, 0.6) is 5.75 Å². The molecule has 2 unspecified atom stereocenters. The van der Waals surface area contributed by atoms with Gasteiger partial charge in [0.05, 0.1) is 7.11 Å². The van der Waals surface area contributed by atoms with Crippen molar-refractivity contribution in [2.75, 3.05) is 13.7 Å². The second-order valence-corrected chi connectivity index (χ2v) is 7.14. The quantitative estimate of drug-likeness (QED) is 0.751. The van der Waals surface area contributed by atoms with E-state index in [9.17, 15) is 0 Å². The SMILES string of the molecule is CCNC(CCc1ccc(OC)cc1)CC(C)C(C)(C)C. The summed E-state index contributed by atoms with van der Waals surface area (Å²) in [4.78, 5) is 0. The van der Waals surface area contributed by atoms with Crippen LogP contribution < -0.4 is 10.1 Å². The molecule has 0 fully saturated rings. The Morgan fingerprint density at radius 2 is 1.76 bits per heavy atom. The summed E-state index contributed by atoms with van der Waals surface area (Å²) >= 11 is 0. The molecule has 0 heterocycles. The monoisotopic (exact) mass is 291 g/mol. The third-order valence-corrected chi connectivity index (χ3v) is 4.55. The van der Waals surface area contributed by atoms with Crippen LogP contribution in [0.2, 0.25) is 0 Å². The Balaban J connectivity index is 2.53. The van der Waals surface area contributed by atoms with Crippen LogP contribution in [0, 0.1) is 11.3 Å². The van der Waals surface area contributed by atoms with Gasteiger partial charge in [0.1, 0.15) is 5.75 Å². The molecule has 0 aliphatic carbocycles. The molecule has 0 amide bonds. The van der Waals surface area contributed by atoms with Crippen LogP contribution in [0.25, 0.3) is 0 Å². The van der Waals surface area contributed by atoms with E-state index in [2.05, 4.69) is 64.2 Å². The topological polar surface area (TPSA) is 21.3 Å². The average Bonchev–Trinajstić information content (AvgIpc) is 2.44. The van der Waals surface area contributed by atoms with Crippen molar-refractivity contribution >= 4 is 0 Å². The number of aryl methyl sites for hydroxylation is 1. The van der Waals surface area contributed by atoms with Crippen LogP contribution >= 0.6 is 0 Å². The number of hydrogen-bond donors (Lipinski definition) is 1. The van der Waals surface area contributed by atoms with Crippen molar-refractivity contribution in [1.29, 1.82) is 0 Å². The maximum atomic E-state index is 5.21. The van der Waals surface area contributed by atoms with Gasteiger partial charge in [-0.2, -0.15) is 0 Å². The van der Waals surface area contributed by atoms with E-state index in [1.54, 1.807) is 7.11 Å². The molecule has 0 saturated carbocycles. The molecule has 2 atom stereocenters. The van der Waals surface area contributed by atoms with E-state index in [0.29, 0.717) is 11.5 Å². The highest BCUT2D eigenvalue weighted by molar-refractivity contribution is 5.27. The summed E-state index contributed by atoms with van der Waals surface area (Å²) < 4.78 is 5.21. The smallest absolute Gasteiger partial charge is 0.118 e. The summed E-state index contributed by atoms with van der Waals surface area (Å²) in [6.45, 7) is 12.6. The van der Waals surface area contributed by atoms with E-state index in [0.717, 1.165) is 24.6 Å². The van der Waals surface area contributed by atoms with E-state index in [1.165, 1.54) is 18.4 Å². The molecule has 2 nitrogen and oxygen atoms in total. The van der Waals surface area contributed by atoms with E-state index in [-0.39, 0.29) is 0 Å². The second kappa shape index (κ2) is 8.43. The summed E-state index contributed by atoms with van der Waals surface area (Å²) in [7, 11) is 1.71. The minimum Gasteiger partial charge on any atom is -0.497 e. The summed E-state index contributed by atoms with van der Waals surface area (Å²) in [6, 6.07) is 9.06. The molecule has 0 saturated heterocycles. The van der Waals surface area contributed by atoms with Gasteiger partial charge in [0.15, 0.2) is 0 Å². The predicted octanol–water partition coefficient (Wildman–Crippen LogP) is 4.68. The van der Waals surface area contributed by atoms with Gasteiger partial charge in [-0.25, -0.2) is 0 Å². The number of benzene rings is 1. The molecule has 0 spiro atoms. The molecule has 0 aliphatic heterocycles. The van der Waals surface area contributed by atoms with Gasteiger partial charge >= 0.3 is 0 Å². The Bertz CT molecular complexity index is 391. The first-order valence-electron chi connectivity index (χ1n) is 8.23. The van der Waals surface area contributed by atoms with E-state index < -0.39 is 0 Å². The second-order valence-electron chi connectivity index (χ2n) is 7.14. The van der Waals surface area contributed by atoms with Crippen LogP contribution in [-0.2, 0) is 6.42 Å². The highest BCUT2D eigenvalue weighted by atomic mass is 16.5. The number of rotatable bonds is 8. The Morgan fingerprint density at radius 3 is 2.24 bits per heavy atom. The Labute approximate surface area is 131 Å². The lowest BCUT2D eigenvalue weighted by Gasteiger charge is -2.31. The van der Waals surface area contributed by atoms with Crippen LogP contribution in [0.4, 0.5) is 0 Å². The maximum Gasteiger partial charge on any atom is 0.118 e. The Kier molecular flexibility index (Phi) is 7.24. The molecule has 0 aliphatic rings. The van der Waals surface area contributed by atoms with E-state index in [1.807, 2.05) is 0 Å². The van der Waals surface area contributed by atoms with Gasteiger partial charge in [-0.15, -0.1) is 0 Å². The molecule has 1 N–H and O–H groups in total. The lowest BCUT2D eigenvalue weighted by atomic mass is 9.78. The molecule has 1 aromatic carbocycles. The van der Waals surface area contributed by atoms with Crippen LogP contribution in [0.1, 0.15) is 53.0 Å². The third kappa shape index (κ3) is 6.52. The van der Waals surface area contributed by atoms with Gasteiger partial charge in [0.2, 0.25) is 0 Å². The summed E-state index contributed by atoms with van der Waals surface area (Å²) in [5.74, 6) is 1.65. The molecule has 2 heteroatoms. The lowest BCUT2D eigenvalue weighted by Crippen LogP contribution is -2.34. The number of methoxy groups -OCH3 is 1. The first-order valence-corrected chi connectivity index (χ1v) is 8.23. The van der Waals surface area contributed by atoms with Crippen molar-refractivity contribution in [3.8, 4) is 5.75 Å². The molecule has 0 aromatic heterocycles. The average molecular weight is 291 g/mol. The van der Waals surface area contributed by atoms with Crippen molar-refractivity contribution < 1.29 is 4.74 Å². The molecule has 21 heavy (non-hydrogen) atoms. The zero-order valence-corrected chi connectivity index (χ0v) is 14.7. The van der Waals surface area contributed by atoms with Crippen LogP contribution in [0.15, 0.2) is 24.3 Å². The summed E-state index contributed by atoms with van der Waals surface area (Å²) in [5, 5.41) is 3.65. The van der Waals surface area contributed by atoms with Crippen molar-refractivity contribution in [3.63, 3.8) is 0 Å². The van der Waals surface area contributed by atoms with Gasteiger partial charge in [-0.05, 0) is 54.8 Å². The molecular weight excluding hydrogens is 258 g/mol. The lowest BCUT2D eigenvalue weighted by molar-refractivity contribution is 0.219.